The molecule has 0 bridgehead atoms. The molecule has 0 radical (unpaired) electrons. The lowest BCUT2D eigenvalue weighted by atomic mass is 10.1. The fraction of sp³-hybridized carbons (Fsp3) is 0.462. The molecule has 0 atom stereocenters. The first kappa shape index (κ1) is 18.4. The minimum atomic E-state index is -4.54. The van der Waals surface area contributed by atoms with Crippen molar-refractivity contribution in [2.24, 2.45) is 0 Å². The van der Waals surface area contributed by atoms with E-state index in [0.29, 0.717) is 5.56 Å². The van der Waals surface area contributed by atoms with Gasteiger partial charge in [-0.25, -0.2) is 4.79 Å². The van der Waals surface area contributed by atoms with E-state index in [2.05, 4.69) is 4.18 Å². The SMILES string of the molecule is CCOC(=O)c1c(C)cc(OSC(F)(F)F)cc1OCOC. The number of hydrogen-bond donors (Lipinski definition) is 0. The third-order valence-electron chi connectivity index (χ3n) is 2.32. The Balaban J connectivity index is 3.09. The molecule has 0 aliphatic rings. The molecule has 0 aliphatic carbocycles. The number of hydrogen-bond acceptors (Lipinski definition) is 6. The Labute approximate surface area is 129 Å². The van der Waals surface area contributed by atoms with Gasteiger partial charge in [-0.05, 0) is 25.5 Å². The van der Waals surface area contributed by atoms with Gasteiger partial charge in [0.15, 0.2) is 18.8 Å². The van der Waals surface area contributed by atoms with Crippen molar-refractivity contribution in [1.29, 1.82) is 0 Å². The van der Waals surface area contributed by atoms with Crippen LogP contribution in [0.15, 0.2) is 12.1 Å². The molecule has 0 saturated carbocycles. The average Bonchev–Trinajstić information content (AvgIpc) is 2.41. The predicted molar refractivity (Wildman–Crippen MR) is 73.9 cm³/mol. The van der Waals surface area contributed by atoms with Gasteiger partial charge in [-0.3, -0.25) is 0 Å². The number of ether oxygens (including phenoxy) is 3. The number of carbonyl (C=O) groups excluding carboxylic acids is 1. The highest BCUT2D eigenvalue weighted by Crippen LogP contribution is 2.36. The number of methoxy groups -OCH3 is 1. The van der Waals surface area contributed by atoms with Gasteiger partial charge in [0.2, 0.25) is 0 Å². The number of rotatable bonds is 7. The summed E-state index contributed by atoms with van der Waals surface area (Å²) < 4.78 is 55.9. The monoisotopic (exact) mass is 340 g/mol. The highest BCUT2D eigenvalue weighted by Gasteiger charge is 2.32. The number of halogens is 3. The molecular weight excluding hydrogens is 325 g/mol. The number of aryl methyl sites for hydroxylation is 1. The van der Waals surface area contributed by atoms with Gasteiger partial charge in [-0.15, -0.1) is 0 Å². The van der Waals surface area contributed by atoms with E-state index in [0.717, 1.165) is 0 Å². The Hall–Kier alpha value is -1.61. The van der Waals surface area contributed by atoms with Gasteiger partial charge in [-0.1, -0.05) is 0 Å². The van der Waals surface area contributed by atoms with Crippen molar-refractivity contribution in [3.63, 3.8) is 0 Å². The molecule has 0 heterocycles. The second kappa shape index (κ2) is 8.14. The third-order valence-corrected chi connectivity index (χ3v) is 2.78. The van der Waals surface area contributed by atoms with E-state index in [1.165, 1.54) is 26.2 Å². The van der Waals surface area contributed by atoms with Crippen LogP contribution in [0, 0.1) is 6.92 Å². The molecule has 22 heavy (non-hydrogen) atoms. The molecule has 5 nitrogen and oxygen atoms in total. The van der Waals surface area contributed by atoms with E-state index in [9.17, 15) is 18.0 Å². The van der Waals surface area contributed by atoms with E-state index in [-0.39, 0.29) is 30.5 Å². The lowest BCUT2D eigenvalue weighted by Crippen LogP contribution is -2.11. The molecule has 0 N–H and O–H groups in total. The van der Waals surface area contributed by atoms with Gasteiger partial charge in [0.25, 0.3) is 0 Å². The van der Waals surface area contributed by atoms with E-state index >= 15 is 0 Å². The summed E-state index contributed by atoms with van der Waals surface area (Å²) in [5, 5.41) is 0. The Morgan fingerprint density at radius 1 is 1.32 bits per heavy atom. The molecule has 124 valence electrons. The maximum atomic E-state index is 12.2. The highest BCUT2D eigenvalue weighted by molar-refractivity contribution is 7.95. The quantitative estimate of drug-likeness (QED) is 0.429. The summed E-state index contributed by atoms with van der Waals surface area (Å²) in [6.07, 6.45) is 0. The lowest BCUT2D eigenvalue weighted by molar-refractivity contribution is -0.0370. The molecular formula is C13H15F3O5S. The largest absolute Gasteiger partial charge is 0.479 e. The van der Waals surface area contributed by atoms with Crippen molar-refractivity contribution in [3.05, 3.63) is 23.3 Å². The summed E-state index contributed by atoms with van der Waals surface area (Å²) in [4.78, 5) is 11.9. The summed E-state index contributed by atoms with van der Waals surface area (Å²) in [6.45, 7) is 3.16. The molecule has 0 saturated heterocycles. The summed E-state index contributed by atoms with van der Waals surface area (Å²) in [5.41, 5.74) is -4.06. The minimum Gasteiger partial charge on any atom is -0.467 e. The first-order valence-electron chi connectivity index (χ1n) is 6.14. The van der Waals surface area contributed by atoms with Crippen LogP contribution < -0.4 is 8.92 Å². The molecule has 0 fully saturated rings. The summed E-state index contributed by atoms with van der Waals surface area (Å²) in [5.74, 6) is -0.710. The highest BCUT2D eigenvalue weighted by atomic mass is 32.2. The van der Waals surface area contributed by atoms with Crippen LogP contribution in [0.1, 0.15) is 22.8 Å². The Bertz CT molecular complexity index is 519. The second-order valence-electron chi connectivity index (χ2n) is 4.00. The standard InChI is InChI=1S/C13H15F3O5S/c1-4-19-12(17)11-8(2)5-9(21-22-13(14,15)16)6-10(11)20-7-18-3/h5-6H,4,7H2,1-3H3. The molecule has 0 amide bonds. The number of alkyl halides is 3. The van der Waals surface area contributed by atoms with Crippen molar-refractivity contribution in [2.45, 2.75) is 19.4 Å². The normalized spacial score (nSPS) is 11.2. The van der Waals surface area contributed by atoms with E-state index in [1.54, 1.807) is 6.92 Å². The molecule has 0 unspecified atom stereocenters. The van der Waals surface area contributed by atoms with Crippen LogP contribution in [0.5, 0.6) is 11.5 Å². The van der Waals surface area contributed by atoms with Crippen molar-refractivity contribution in [3.8, 4) is 11.5 Å². The van der Waals surface area contributed by atoms with Crippen molar-refractivity contribution >= 4 is 18.0 Å². The fourth-order valence-corrected chi connectivity index (χ4v) is 1.85. The Kier molecular flexibility index (Phi) is 6.82. The van der Waals surface area contributed by atoms with Gasteiger partial charge in [0.05, 0.1) is 6.61 Å². The van der Waals surface area contributed by atoms with E-state index < -0.39 is 23.5 Å². The fourth-order valence-electron chi connectivity index (χ4n) is 1.57. The summed E-state index contributed by atoms with van der Waals surface area (Å²) in [7, 11) is 1.37. The van der Waals surface area contributed by atoms with Crippen LogP contribution in [0.4, 0.5) is 13.2 Å². The zero-order valence-corrected chi connectivity index (χ0v) is 13.0. The molecule has 1 aromatic carbocycles. The number of benzene rings is 1. The van der Waals surface area contributed by atoms with Gasteiger partial charge < -0.3 is 18.4 Å². The Morgan fingerprint density at radius 2 is 2.00 bits per heavy atom. The summed E-state index contributed by atoms with van der Waals surface area (Å²) >= 11 is -0.651. The van der Waals surface area contributed by atoms with Gasteiger partial charge >= 0.3 is 11.5 Å². The van der Waals surface area contributed by atoms with E-state index in [4.69, 9.17) is 14.2 Å². The molecule has 0 aromatic heterocycles. The zero-order chi connectivity index (χ0) is 16.8. The zero-order valence-electron chi connectivity index (χ0n) is 12.2. The van der Waals surface area contributed by atoms with Crippen molar-refractivity contribution < 1.29 is 36.4 Å². The molecule has 1 aromatic rings. The third kappa shape index (κ3) is 5.64. The van der Waals surface area contributed by atoms with Crippen LogP contribution in [0.3, 0.4) is 0 Å². The maximum absolute atomic E-state index is 12.2. The van der Waals surface area contributed by atoms with Crippen molar-refractivity contribution in [1.82, 2.24) is 0 Å². The van der Waals surface area contributed by atoms with Gasteiger partial charge in [-0.2, -0.15) is 13.2 Å². The van der Waals surface area contributed by atoms with E-state index in [1.807, 2.05) is 0 Å². The van der Waals surface area contributed by atoms with Crippen LogP contribution in [-0.4, -0.2) is 32.0 Å². The van der Waals surface area contributed by atoms with Crippen LogP contribution in [0.25, 0.3) is 0 Å². The second-order valence-corrected chi connectivity index (χ2v) is 4.79. The van der Waals surface area contributed by atoms with Crippen LogP contribution in [0.2, 0.25) is 0 Å². The number of carbonyl (C=O) groups is 1. The van der Waals surface area contributed by atoms with Crippen molar-refractivity contribution in [2.75, 3.05) is 20.5 Å². The van der Waals surface area contributed by atoms with Crippen LogP contribution in [-0.2, 0) is 9.47 Å². The van der Waals surface area contributed by atoms with Crippen LogP contribution >= 0.6 is 12.0 Å². The van der Waals surface area contributed by atoms with Gasteiger partial charge in [0.1, 0.15) is 17.1 Å². The maximum Gasteiger partial charge on any atom is 0.479 e. The first-order valence-corrected chi connectivity index (χ1v) is 6.88. The first-order chi connectivity index (χ1) is 10.3. The predicted octanol–water partition coefficient (Wildman–Crippen LogP) is 3.70. The molecule has 0 aliphatic heterocycles. The smallest absolute Gasteiger partial charge is 0.467 e. The topological polar surface area (TPSA) is 54.0 Å². The molecule has 0 spiro atoms. The summed E-state index contributed by atoms with van der Waals surface area (Å²) in [6, 6.07) is 2.47. The number of esters is 1. The minimum absolute atomic E-state index is 0.0260. The Morgan fingerprint density at radius 3 is 2.55 bits per heavy atom. The molecule has 1 rings (SSSR count). The lowest BCUT2D eigenvalue weighted by Gasteiger charge is -2.15. The average molecular weight is 340 g/mol. The molecule has 9 heteroatoms. The van der Waals surface area contributed by atoms with Gasteiger partial charge in [0, 0.05) is 13.2 Å².